The third-order valence-electron chi connectivity index (χ3n) is 2.46. The Kier molecular flexibility index (Phi) is 5.47. The van der Waals surface area contributed by atoms with Gasteiger partial charge in [-0.3, -0.25) is 4.79 Å². The van der Waals surface area contributed by atoms with Crippen molar-refractivity contribution in [2.45, 2.75) is 12.6 Å². The van der Waals surface area contributed by atoms with E-state index >= 15 is 0 Å². The summed E-state index contributed by atoms with van der Waals surface area (Å²) < 4.78 is 36.0. The van der Waals surface area contributed by atoms with E-state index in [0.29, 0.717) is 10.7 Å². The van der Waals surface area contributed by atoms with Crippen LogP contribution in [0, 0.1) is 0 Å². The van der Waals surface area contributed by atoms with E-state index < -0.39 is 18.5 Å². The topological polar surface area (TPSA) is 32.3 Å². The van der Waals surface area contributed by atoms with Crippen molar-refractivity contribution in [2.24, 2.45) is 0 Å². The number of nitrogens with one attached hydrogen (secondary N) is 1. The molecule has 0 saturated carbocycles. The summed E-state index contributed by atoms with van der Waals surface area (Å²) in [5.74, 6) is -0.427. The second kappa shape index (κ2) is 6.65. The number of nitrogens with zero attached hydrogens (tertiary/aromatic N) is 1. The largest absolute Gasteiger partial charge is 0.390 e. The van der Waals surface area contributed by atoms with E-state index in [-0.39, 0.29) is 13.1 Å². The van der Waals surface area contributed by atoms with Crippen LogP contribution >= 0.6 is 11.6 Å². The highest BCUT2D eigenvalue weighted by molar-refractivity contribution is 6.33. The smallest absolute Gasteiger partial charge is 0.375 e. The van der Waals surface area contributed by atoms with Crippen LogP contribution in [0.3, 0.4) is 0 Å². The summed E-state index contributed by atoms with van der Waals surface area (Å²) in [5, 5.41) is 3.24. The van der Waals surface area contributed by atoms with Crippen LogP contribution in [0.25, 0.3) is 0 Å². The minimum Gasteiger partial charge on any atom is -0.375 e. The third-order valence-corrected chi connectivity index (χ3v) is 2.79. The highest BCUT2D eigenvalue weighted by Crippen LogP contribution is 2.21. The summed E-state index contributed by atoms with van der Waals surface area (Å²) in [5.41, 5.74) is 0.571. The average molecular weight is 295 g/mol. The highest BCUT2D eigenvalue weighted by atomic mass is 35.5. The monoisotopic (exact) mass is 294 g/mol. The Morgan fingerprint density at radius 3 is 2.58 bits per heavy atom. The second-order valence-electron chi connectivity index (χ2n) is 4.01. The number of carbonyl (C=O) groups excluding carboxylic acids is 1. The van der Waals surface area contributed by atoms with Gasteiger partial charge in [0.05, 0.1) is 23.7 Å². The average Bonchev–Trinajstić information content (AvgIpc) is 2.33. The number of amides is 1. The van der Waals surface area contributed by atoms with Crippen LogP contribution in [0.4, 0.5) is 18.9 Å². The molecule has 0 radical (unpaired) electrons. The molecule has 0 aromatic heterocycles. The molecule has 19 heavy (non-hydrogen) atoms. The summed E-state index contributed by atoms with van der Waals surface area (Å²) in [7, 11) is 1.34. The molecule has 0 atom stereocenters. The molecule has 0 spiro atoms. The standard InChI is InChI=1S/C12H14ClF3N2O/c1-18(7-6-12(14,15)16)11(19)8-17-10-5-3-2-4-9(10)13/h2-5,17H,6-8H2,1H3. The Hall–Kier alpha value is -1.43. The van der Waals surface area contributed by atoms with Gasteiger partial charge < -0.3 is 10.2 Å². The number of likely N-dealkylation sites (N-methyl/N-ethyl adjacent to an activating group) is 1. The number of anilines is 1. The lowest BCUT2D eigenvalue weighted by molar-refractivity contribution is -0.143. The minimum absolute atomic E-state index is 0.0991. The fraction of sp³-hybridized carbons (Fsp3) is 0.417. The summed E-state index contributed by atoms with van der Waals surface area (Å²) in [6, 6.07) is 6.82. The van der Waals surface area contributed by atoms with E-state index in [2.05, 4.69) is 5.32 Å². The van der Waals surface area contributed by atoms with E-state index in [1.54, 1.807) is 24.3 Å². The van der Waals surface area contributed by atoms with Gasteiger partial charge in [0, 0.05) is 13.6 Å². The molecule has 1 aromatic carbocycles. The number of benzene rings is 1. The van der Waals surface area contributed by atoms with E-state index in [0.717, 1.165) is 4.90 Å². The van der Waals surface area contributed by atoms with Crippen LogP contribution in [0.5, 0.6) is 0 Å². The van der Waals surface area contributed by atoms with Crippen molar-refractivity contribution in [1.29, 1.82) is 0 Å². The lowest BCUT2D eigenvalue weighted by Gasteiger charge is -2.18. The molecule has 1 rings (SSSR count). The fourth-order valence-electron chi connectivity index (χ4n) is 1.33. The number of alkyl halides is 3. The van der Waals surface area contributed by atoms with Crippen molar-refractivity contribution in [2.75, 3.05) is 25.5 Å². The second-order valence-corrected chi connectivity index (χ2v) is 4.42. The van der Waals surface area contributed by atoms with Gasteiger partial charge in [-0.25, -0.2) is 0 Å². The molecule has 0 unspecified atom stereocenters. The third kappa shape index (κ3) is 5.83. The summed E-state index contributed by atoms with van der Waals surface area (Å²) in [4.78, 5) is 12.6. The first-order chi connectivity index (χ1) is 8.79. The molecule has 0 bridgehead atoms. The van der Waals surface area contributed by atoms with Crippen molar-refractivity contribution < 1.29 is 18.0 Å². The lowest BCUT2D eigenvalue weighted by atomic mass is 10.3. The molecule has 3 nitrogen and oxygen atoms in total. The van der Waals surface area contributed by atoms with Gasteiger partial charge in [0.1, 0.15) is 0 Å². The van der Waals surface area contributed by atoms with E-state index in [1.165, 1.54) is 7.05 Å². The first kappa shape index (κ1) is 15.6. The maximum atomic E-state index is 12.0. The fourth-order valence-corrected chi connectivity index (χ4v) is 1.53. The maximum absolute atomic E-state index is 12.0. The molecule has 0 heterocycles. The molecular formula is C12H14ClF3N2O. The molecule has 0 fully saturated rings. The van der Waals surface area contributed by atoms with Gasteiger partial charge in [0.2, 0.25) is 5.91 Å². The Morgan fingerprint density at radius 1 is 1.37 bits per heavy atom. The van der Waals surface area contributed by atoms with Crippen molar-refractivity contribution in [3.05, 3.63) is 29.3 Å². The van der Waals surface area contributed by atoms with Gasteiger partial charge in [0.15, 0.2) is 0 Å². The Morgan fingerprint density at radius 2 is 2.00 bits per heavy atom. The summed E-state index contributed by atoms with van der Waals surface area (Å²) >= 11 is 5.87. The Labute approximate surface area is 114 Å². The van der Waals surface area contributed by atoms with E-state index in [1.807, 2.05) is 0 Å². The van der Waals surface area contributed by atoms with Crippen molar-refractivity contribution in [3.63, 3.8) is 0 Å². The van der Waals surface area contributed by atoms with Gasteiger partial charge in [0.25, 0.3) is 0 Å². The number of halogens is 4. The first-order valence-corrected chi connectivity index (χ1v) is 5.96. The van der Waals surface area contributed by atoms with Crippen molar-refractivity contribution in [1.82, 2.24) is 4.90 Å². The van der Waals surface area contributed by atoms with Gasteiger partial charge in [-0.1, -0.05) is 23.7 Å². The highest BCUT2D eigenvalue weighted by Gasteiger charge is 2.27. The number of carbonyl (C=O) groups is 1. The quantitative estimate of drug-likeness (QED) is 0.905. The molecule has 1 aromatic rings. The summed E-state index contributed by atoms with van der Waals surface area (Å²) in [6.07, 6.45) is -5.27. The van der Waals surface area contributed by atoms with Crippen LogP contribution in [0.15, 0.2) is 24.3 Å². The van der Waals surface area contributed by atoms with Crippen molar-refractivity contribution in [3.8, 4) is 0 Å². The predicted molar refractivity (Wildman–Crippen MR) is 68.3 cm³/mol. The van der Waals surface area contributed by atoms with Crippen LogP contribution < -0.4 is 5.32 Å². The maximum Gasteiger partial charge on any atom is 0.390 e. The van der Waals surface area contributed by atoms with E-state index in [4.69, 9.17) is 11.6 Å². The zero-order chi connectivity index (χ0) is 14.5. The first-order valence-electron chi connectivity index (χ1n) is 5.59. The van der Waals surface area contributed by atoms with Crippen LogP contribution in [0.1, 0.15) is 6.42 Å². The number of para-hydroxylation sites is 1. The van der Waals surface area contributed by atoms with Gasteiger partial charge in [-0.15, -0.1) is 0 Å². The van der Waals surface area contributed by atoms with Crippen LogP contribution in [-0.2, 0) is 4.79 Å². The van der Waals surface area contributed by atoms with E-state index in [9.17, 15) is 18.0 Å². The number of rotatable bonds is 5. The SMILES string of the molecule is CN(CCC(F)(F)F)C(=O)CNc1ccccc1Cl. The van der Waals surface area contributed by atoms with Crippen LogP contribution in [-0.4, -0.2) is 37.1 Å². The minimum atomic E-state index is -4.26. The molecule has 1 amide bonds. The van der Waals surface area contributed by atoms with Crippen molar-refractivity contribution >= 4 is 23.2 Å². The van der Waals surface area contributed by atoms with Gasteiger partial charge in [-0.05, 0) is 12.1 Å². The predicted octanol–water partition coefficient (Wildman–Crippen LogP) is 3.16. The Balaban J connectivity index is 2.41. The molecule has 0 aliphatic carbocycles. The number of hydrogen-bond acceptors (Lipinski definition) is 2. The Bertz CT molecular complexity index is 437. The lowest BCUT2D eigenvalue weighted by Crippen LogP contribution is -2.34. The molecule has 7 heteroatoms. The molecule has 106 valence electrons. The molecule has 0 aliphatic heterocycles. The van der Waals surface area contributed by atoms with Gasteiger partial charge >= 0.3 is 6.18 Å². The molecule has 0 aliphatic rings. The zero-order valence-electron chi connectivity index (χ0n) is 10.3. The van der Waals surface area contributed by atoms with Crippen LogP contribution in [0.2, 0.25) is 5.02 Å². The normalized spacial score (nSPS) is 11.2. The molecular weight excluding hydrogens is 281 g/mol. The molecule has 0 saturated heterocycles. The van der Waals surface area contributed by atoms with Gasteiger partial charge in [-0.2, -0.15) is 13.2 Å². The number of hydrogen-bond donors (Lipinski definition) is 1. The molecule has 1 N–H and O–H groups in total. The summed E-state index contributed by atoms with van der Waals surface area (Å²) in [6.45, 7) is -0.454. The zero-order valence-corrected chi connectivity index (χ0v) is 11.1.